The predicted octanol–water partition coefficient (Wildman–Crippen LogP) is 4.03. The highest BCUT2D eigenvalue weighted by molar-refractivity contribution is 5.67. The first-order valence-electron chi connectivity index (χ1n) is 6.82. The molecule has 1 heterocycles. The van der Waals surface area contributed by atoms with E-state index in [-0.39, 0.29) is 0 Å². The fourth-order valence-electron chi connectivity index (χ4n) is 2.49. The Bertz CT molecular complexity index is 823. The highest BCUT2D eigenvalue weighted by Crippen LogP contribution is 2.27. The van der Waals surface area contributed by atoms with Crippen molar-refractivity contribution < 1.29 is 0 Å². The van der Waals surface area contributed by atoms with E-state index in [0.29, 0.717) is 5.69 Å². The van der Waals surface area contributed by atoms with Crippen molar-refractivity contribution in [3.63, 3.8) is 0 Å². The van der Waals surface area contributed by atoms with Crippen LogP contribution in [0, 0.1) is 25.2 Å². The fourth-order valence-corrected chi connectivity index (χ4v) is 2.49. The Morgan fingerprint density at radius 3 is 2.43 bits per heavy atom. The Balaban J connectivity index is 2.23. The van der Waals surface area contributed by atoms with Crippen LogP contribution in [-0.4, -0.2) is 9.78 Å². The normalized spacial score (nSPS) is 10.3. The Kier molecular flexibility index (Phi) is 3.29. The zero-order chi connectivity index (χ0) is 14.8. The molecule has 0 saturated carbocycles. The smallest absolute Gasteiger partial charge is 0.163 e. The Morgan fingerprint density at radius 2 is 1.76 bits per heavy atom. The number of rotatable bonds is 2. The molecule has 3 heteroatoms. The lowest BCUT2D eigenvalue weighted by Crippen LogP contribution is -2.00. The van der Waals surface area contributed by atoms with Gasteiger partial charge in [0.2, 0.25) is 0 Å². The van der Waals surface area contributed by atoms with Gasteiger partial charge in [-0.3, -0.25) is 0 Å². The van der Waals surface area contributed by atoms with Gasteiger partial charge in [0.05, 0.1) is 11.4 Å². The number of nitriles is 1. The molecule has 0 radical (unpaired) electrons. The standard InChI is InChI=1S/C18H15N3/c1-13-8-9-17(14(2)10-13)18-11-15(12-19)20-21(18)16-6-4-3-5-7-16/h3-11H,1-2H3. The highest BCUT2D eigenvalue weighted by atomic mass is 15.3. The van der Waals surface area contributed by atoms with Gasteiger partial charge in [-0.15, -0.1) is 0 Å². The van der Waals surface area contributed by atoms with Crippen LogP contribution in [-0.2, 0) is 0 Å². The van der Waals surface area contributed by atoms with Crippen molar-refractivity contribution >= 4 is 0 Å². The summed E-state index contributed by atoms with van der Waals surface area (Å²) >= 11 is 0. The SMILES string of the molecule is Cc1ccc(-c2cc(C#N)nn2-c2ccccc2)c(C)c1. The highest BCUT2D eigenvalue weighted by Gasteiger charge is 2.13. The van der Waals surface area contributed by atoms with Crippen LogP contribution in [0.4, 0.5) is 0 Å². The minimum absolute atomic E-state index is 0.425. The first kappa shape index (κ1) is 13.1. The monoisotopic (exact) mass is 273 g/mol. The van der Waals surface area contributed by atoms with Crippen molar-refractivity contribution in [2.75, 3.05) is 0 Å². The van der Waals surface area contributed by atoms with Gasteiger partial charge in [-0.25, -0.2) is 4.68 Å². The van der Waals surface area contributed by atoms with E-state index >= 15 is 0 Å². The third-order valence-electron chi connectivity index (χ3n) is 3.48. The molecule has 2 aromatic carbocycles. The number of aromatic nitrogens is 2. The van der Waals surface area contributed by atoms with Crippen LogP contribution in [0.5, 0.6) is 0 Å². The number of hydrogen-bond acceptors (Lipinski definition) is 2. The molecule has 3 nitrogen and oxygen atoms in total. The maximum Gasteiger partial charge on any atom is 0.163 e. The molecule has 0 unspecified atom stereocenters. The summed E-state index contributed by atoms with van der Waals surface area (Å²) in [6.45, 7) is 4.16. The molecule has 1 aromatic heterocycles. The average molecular weight is 273 g/mol. The van der Waals surface area contributed by atoms with Crippen LogP contribution >= 0.6 is 0 Å². The van der Waals surface area contributed by atoms with Crippen molar-refractivity contribution in [3.8, 4) is 23.0 Å². The van der Waals surface area contributed by atoms with E-state index in [1.54, 1.807) is 0 Å². The third-order valence-corrected chi connectivity index (χ3v) is 3.48. The van der Waals surface area contributed by atoms with Gasteiger partial charge < -0.3 is 0 Å². The average Bonchev–Trinajstić information content (AvgIpc) is 2.92. The van der Waals surface area contributed by atoms with Crippen LogP contribution in [0.15, 0.2) is 54.6 Å². The van der Waals surface area contributed by atoms with E-state index in [4.69, 9.17) is 5.26 Å². The first-order valence-corrected chi connectivity index (χ1v) is 6.82. The van der Waals surface area contributed by atoms with E-state index in [9.17, 15) is 0 Å². The zero-order valence-corrected chi connectivity index (χ0v) is 12.0. The van der Waals surface area contributed by atoms with Gasteiger partial charge in [-0.1, -0.05) is 42.0 Å². The predicted molar refractivity (Wildman–Crippen MR) is 83.2 cm³/mol. The van der Waals surface area contributed by atoms with Gasteiger partial charge in [-0.05, 0) is 31.5 Å². The molecule has 102 valence electrons. The maximum absolute atomic E-state index is 9.16. The van der Waals surface area contributed by atoms with Crippen molar-refractivity contribution in [3.05, 3.63) is 71.4 Å². The molecule has 0 aliphatic heterocycles. The van der Waals surface area contributed by atoms with Crippen molar-refractivity contribution in [1.29, 1.82) is 5.26 Å². The fraction of sp³-hybridized carbons (Fsp3) is 0.111. The van der Waals surface area contributed by atoms with Gasteiger partial charge >= 0.3 is 0 Å². The van der Waals surface area contributed by atoms with Crippen LogP contribution in [0.2, 0.25) is 0 Å². The molecule has 3 rings (SSSR count). The van der Waals surface area contributed by atoms with Gasteiger partial charge in [0, 0.05) is 11.6 Å². The molecule has 0 spiro atoms. The van der Waals surface area contributed by atoms with E-state index in [1.165, 1.54) is 11.1 Å². The minimum atomic E-state index is 0.425. The van der Waals surface area contributed by atoms with Crippen LogP contribution < -0.4 is 0 Å². The molecular weight excluding hydrogens is 258 g/mol. The molecule has 0 saturated heterocycles. The van der Waals surface area contributed by atoms with E-state index in [2.05, 4.69) is 43.2 Å². The molecule has 0 amide bonds. The molecule has 0 atom stereocenters. The summed E-state index contributed by atoms with van der Waals surface area (Å²) in [5.41, 5.74) is 5.82. The van der Waals surface area contributed by atoms with Crippen molar-refractivity contribution in [2.24, 2.45) is 0 Å². The van der Waals surface area contributed by atoms with E-state index in [1.807, 2.05) is 41.1 Å². The summed E-state index contributed by atoms with van der Waals surface area (Å²) in [6, 6.07) is 20.1. The number of para-hydroxylation sites is 1. The van der Waals surface area contributed by atoms with Gasteiger partial charge in [0.25, 0.3) is 0 Å². The second kappa shape index (κ2) is 5.26. The van der Waals surface area contributed by atoms with Gasteiger partial charge in [0.15, 0.2) is 5.69 Å². The van der Waals surface area contributed by atoms with E-state index < -0.39 is 0 Å². The van der Waals surface area contributed by atoms with Crippen LogP contribution in [0.3, 0.4) is 0 Å². The Hall–Kier alpha value is -2.86. The lowest BCUT2D eigenvalue weighted by molar-refractivity contribution is 0.879. The minimum Gasteiger partial charge on any atom is -0.232 e. The quantitative estimate of drug-likeness (QED) is 0.707. The summed E-state index contributed by atoms with van der Waals surface area (Å²) in [6.07, 6.45) is 0. The van der Waals surface area contributed by atoms with Crippen LogP contribution in [0.1, 0.15) is 16.8 Å². The van der Waals surface area contributed by atoms with Crippen LogP contribution in [0.25, 0.3) is 16.9 Å². The molecular formula is C18H15N3. The molecule has 0 bridgehead atoms. The number of nitrogens with zero attached hydrogens (tertiary/aromatic N) is 3. The molecule has 21 heavy (non-hydrogen) atoms. The second-order valence-electron chi connectivity index (χ2n) is 5.09. The molecule has 0 N–H and O–H groups in total. The summed E-state index contributed by atoms with van der Waals surface area (Å²) in [4.78, 5) is 0. The second-order valence-corrected chi connectivity index (χ2v) is 5.09. The molecule has 0 aliphatic rings. The summed E-state index contributed by atoms with van der Waals surface area (Å²) in [5.74, 6) is 0. The largest absolute Gasteiger partial charge is 0.232 e. The van der Waals surface area contributed by atoms with Crippen molar-refractivity contribution in [1.82, 2.24) is 9.78 Å². The summed E-state index contributed by atoms with van der Waals surface area (Å²) < 4.78 is 1.83. The summed E-state index contributed by atoms with van der Waals surface area (Å²) in [5, 5.41) is 13.6. The zero-order valence-electron chi connectivity index (χ0n) is 12.0. The third kappa shape index (κ3) is 2.44. The number of benzene rings is 2. The van der Waals surface area contributed by atoms with E-state index in [0.717, 1.165) is 16.9 Å². The Labute approximate surface area is 124 Å². The van der Waals surface area contributed by atoms with Gasteiger partial charge in [0.1, 0.15) is 6.07 Å². The molecule has 0 fully saturated rings. The lowest BCUT2D eigenvalue weighted by Gasteiger charge is -2.10. The molecule has 3 aromatic rings. The molecule has 0 aliphatic carbocycles. The summed E-state index contributed by atoms with van der Waals surface area (Å²) in [7, 11) is 0. The number of hydrogen-bond donors (Lipinski definition) is 0. The van der Waals surface area contributed by atoms with Gasteiger partial charge in [-0.2, -0.15) is 10.4 Å². The number of aryl methyl sites for hydroxylation is 2. The maximum atomic E-state index is 9.16. The van der Waals surface area contributed by atoms with Crippen molar-refractivity contribution in [2.45, 2.75) is 13.8 Å². The first-order chi connectivity index (χ1) is 10.2. The Morgan fingerprint density at radius 1 is 1.00 bits per heavy atom. The lowest BCUT2D eigenvalue weighted by atomic mass is 10.0. The topological polar surface area (TPSA) is 41.6 Å².